The van der Waals surface area contributed by atoms with Gasteiger partial charge in [-0.3, -0.25) is 4.79 Å². The van der Waals surface area contributed by atoms with Crippen LogP contribution in [0.15, 0.2) is 24.3 Å². The molecule has 1 aromatic carbocycles. The number of nitrogens with one attached hydrogen (secondary N) is 1. The van der Waals surface area contributed by atoms with Gasteiger partial charge in [-0.25, -0.2) is 0 Å². The van der Waals surface area contributed by atoms with Gasteiger partial charge in [0.1, 0.15) is 0 Å². The van der Waals surface area contributed by atoms with Gasteiger partial charge in [0.05, 0.1) is 18.2 Å². The summed E-state index contributed by atoms with van der Waals surface area (Å²) < 4.78 is 5.38. The fourth-order valence-electron chi connectivity index (χ4n) is 2.17. The fourth-order valence-corrected chi connectivity index (χ4v) is 2.17. The summed E-state index contributed by atoms with van der Waals surface area (Å²) in [5.41, 5.74) is 1.22. The Labute approximate surface area is 119 Å². The number of rotatable bonds is 4. The predicted molar refractivity (Wildman–Crippen MR) is 76.3 cm³/mol. The van der Waals surface area contributed by atoms with Crippen LogP contribution in [-0.2, 0) is 9.53 Å². The lowest BCUT2D eigenvalue weighted by molar-refractivity contribution is -0.116. The standard InChI is InChI=1S/C15H19N3O2/c16-12-13-3-1-4-14(11-13)17-15(19)5-7-18-6-2-9-20-10-8-18/h1,3-4,11H,2,5-10H2,(H,17,19). The second kappa shape index (κ2) is 7.63. The van der Waals surface area contributed by atoms with Crippen molar-refractivity contribution in [1.82, 2.24) is 4.90 Å². The molecular formula is C15H19N3O2. The maximum atomic E-state index is 11.9. The summed E-state index contributed by atoms with van der Waals surface area (Å²) in [7, 11) is 0. The van der Waals surface area contributed by atoms with Gasteiger partial charge in [-0.2, -0.15) is 5.26 Å². The average Bonchev–Trinajstić information content (AvgIpc) is 2.74. The van der Waals surface area contributed by atoms with E-state index in [-0.39, 0.29) is 5.91 Å². The largest absolute Gasteiger partial charge is 0.380 e. The van der Waals surface area contributed by atoms with E-state index in [1.54, 1.807) is 24.3 Å². The van der Waals surface area contributed by atoms with Crippen molar-refractivity contribution in [3.05, 3.63) is 29.8 Å². The first-order valence-corrected chi connectivity index (χ1v) is 6.88. The lowest BCUT2D eigenvalue weighted by Gasteiger charge is -2.18. The molecule has 1 saturated heterocycles. The van der Waals surface area contributed by atoms with Crippen molar-refractivity contribution in [1.29, 1.82) is 5.26 Å². The lowest BCUT2D eigenvalue weighted by atomic mass is 10.2. The van der Waals surface area contributed by atoms with Crippen molar-refractivity contribution < 1.29 is 9.53 Å². The molecule has 1 aliphatic rings. The van der Waals surface area contributed by atoms with Gasteiger partial charge in [-0.15, -0.1) is 0 Å². The molecule has 0 radical (unpaired) electrons. The molecule has 2 rings (SSSR count). The summed E-state index contributed by atoms with van der Waals surface area (Å²) >= 11 is 0. The highest BCUT2D eigenvalue weighted by Gasteiger charge is 2.11. The van der Waals surface area contributed by atoms with Gasteiger partial charge in [0.15, 0.2) is 0 Å². The number of hydrogen-bond acceptors (Lipinski definition) is 4. The van der Waals surface area contributed by atoms with Crippen LogP contribution in [0.2, 0.25) is 0 Å². The number of carbonyl (C=O) groups is 1. The topological polar surface area (TPSA) is 65.4 Å². The summed E-state index contributed by atoms with van der Waals surface area (Å²) in [5.74, 6) is -0.0229. The van der Waals surface area contributed by atoms with Crippen LogP contribution >= 0.6 is 0 Å². The Morgan fingerprint density at radius 3 is 3.15 bits per heavy atom. The quantitative estimate of drug-likeness (QED) is 0.905. The van der Waals surface area contributed by atoms with E-state index in [4.69, 9.17) is 10.00 Å². The Morgan fingerprint density at radius 1 is 1.40 bits per heavy atom. The Bertz CT molecular complexity index is 488. The maximum Gasteiger partial charge on any atom is 0.225 e. The molecule has 5 nitrogen and oxygen atoms in total. The average molecular weight is 273 g/mol. The molecule has 1 fully saturated rings. The van der Waals surface area contributed by atoms with Crippen molar-refractivity contribution >= 4 is 11.6 Å². The van der Waals surface area contributed by atoms with Gasteiger partial charge in [0, 0.05) is 38.3 Å². The Morgan fingerprint density at radius 2 is 2.30 bits per heavy atom. The van der Waals surface area contributed by atoms with Gasteiger partial charge in [-0.05, 0) is 24.6 Å². The van der Waals surface area contributed by atoms with E-state index in [0.717, 1.165) is 39.3 Å². The highest BCUT2D eigenvalue weighted by molar-refractivity contribution is 5.90. The minimum atomic E-state index is -0.0229. The third kappa shape index (κ3) is 4.65. The number of benzene rings is 1. The highest BCUT2D eigenvalue weighted by atomic mass is 16.5. The number of amides is 1. The molecule has 1 aliphatic heterocycles. The van der Waals surface area contributed by atoms with Gasteiger partial charge in [0.2, 0.25) is 5.91 Å². The number of anilines is 1. The van der Waals surface area contributed by atoms with Crippen molar-refractivity contribution in [2.75, 3.05) is 38.2 Å². The normalized spacial score (nSPS) is 16.1. The van der Waals surface area contributed by atoms with E-state index in [1.807, 2.05) is 0 Å². The third-order valence-corrected chi connectivity index (χ3v) is 3.25. The summed E-state index contributed by atoms with van der Waals surface area (Å²) in [5, 5.41) is 11.6. The van der Waals surface area contributed by atoms with Crippen LogP contribution in [0.25, 0.3) is 0 Å². The second-order valence-electron chi connectivity index (χ2n) is 4.80. The van der Waals surface area contributed by atoms with E-state index in [9.17, 15) is 4.79 Å². The molecule has 0 unspecified atom stereocenters. The Balaban J connectivity index is 1.78. The first-order chi connectivity index (χ1) is 9.78. The van der Waals surface area contributed by atoms with Crippen LogP contribution in [0.4, 0.5) is 5.69 Å². The van der Waals surface area contributed by atoms with Crippen LogP contribution in [0.5, 0.6) is 0 Å². The molecule has 0 atom stereocenters. The number of hydrogen-bond donors (Lipinski definition) is 1. The molecule has 0 bridgehead atoms. The molecule has 1 heterocycles. The zero-order valence-corrected chi connectivity index (χ0v) is 11.5. The maximum absolute atomic E-state index is 11.9. The summed E-state index contributed by atoms with van der Waals surface area (Å²) in [4.78, 5) is 14.1. The zero-order valence-electron chi connectivity index (χ0n) is 11.5. The molecule has 0 spiro atoms. The Kier molecular flexibility index (Phi) is 5.54. The first-order valence-electron chi connectivity index (χ1n) is 6.88. The minimum absolute atomic E-state index is 0.0229. The number of nitrogens with zero attached hydrogens (tertiary/aromatic N) is 2. The number of ether oxygens (including phenoxy) is 1. The molecule has 1 amide bonds. The van der Waals surface area contributed by atoms with Crippen molar-refractivity contribution in [3.8, 4) is 6.07 Å². The predicted octanol–water partition coefficient (Wildman–Crippen LogP) is 1.61. The third-order valence-electron chi connectivity index (χ3n) is 3.25. The molecule has 0 saturated carbocycles. The second-order valence-corrected chi connectivity index (χ2v) is 4.80. The fraction of sp³-hybridized carbons (Fsp3) is 0.467. The Hall–Kier alpha value is -1.90. The first kappa shape index (κ1) is 14.5. The van der Waals surface area contributed by atoms with Gasteiger partial charge >= 0.3 is 0 Å². The van der Waals surface area contributed by atoms with E-state index < -0.39 is 0 Å². The molecule has 1 N–H and O–H groups in total. The zero-order chi connectivity index (χ0) is 14.2. The molecule has 20 heavy (non-hydrogen) atoms. The van der Waals surface area contributed by atoms with E-state index in [1.165, 1.54) is 0 Å². The van der Waals surface area contributed by atoms with Crippen LogP contribution in [0, 0.1) is 11.3 Å². The molecular weight excluding hydrogens is 254 g/mol. The van der Waals surface area contributed by atoms with Crippen LogP contribution in [0.1, 0.15) is 18.4 Å². The van der Waals surface area contributed by atoms with Crippen molar-refractivity contribution in [3.63, 3.8) is 0 Å². The monoisotopic (exact) mass is 273 g/mol. The lowest BCUT2D eigenvalue weighted by Crippen LogP contribution is -2.30. The summed E-state index contributed by atoms with van der Waals surface area (Å²) in [6.45, 7) is 4.16. The van der Waals surface area contributed by atoms with E-state index >= 15 is 0 Å². The smallest absolute Gasteiger partial charge is 0.225 e. The van der Waals surface area contributed by atoms with Crippen molar-refractivity contribution in [2.45, 2.75) is 12.8 Å². The number of nitriles is 1. The van der Waals surface area contributed by atoms with Gasteiger partial charge in [-0.1, -0.05) is 6.07 Å². The van der Waals surface area contributed by atoms with E-state index in [2.05, 4.69) is 16.3 Å². The van der Waals surface area contributed by atoms with Crippen LogP contribution in [-0.4, -0.2) is 43.7 Å². The van der Waals surface area contributed by atoms with Crippen LogP contribution < -0.4 is 5.32 Å². The molecule has 0 aliphatic carbocycles. The van der Waals surface area contributed by atoms with Crippen LogP contribution in [0.3, 0.4) is 0 Å². The summed E-state index contributed by atoms with van der Waals surface area (Å²) in [6.07, 6.45) is 1.47. The van der Waals surface area contributed by atoms with Gasteiger partial charge in [0.25, 0.3) is 0 Å². The summed E-state index contributed by atoms with van der Waals surface area (Å²) in [6, 6.07) is 9.01. The van der Waals surface area contributed by atoms with Gasteiger partial charge < -0.3 is 15.0 Å². The SMILES string of the molecule is N#Cc1cccc(NC(=O)CCN2CCCOCC2)c1. The molecule has 5 heteroatoms. The number of carbonyl (C=O) groups excluding carboxylic acids is 1. The molecule has 0 aromatic heterocycles. The highest BCUT2D eigenvalue weighted by Crippen LogP contribution is 2.10. The molecule has 1 aromatic rings. The van der Waals surface area contributed by atoms with Crippen molar-refractivity contribution in [2.24, 2.45) is 0 Å². The van der Waals surface area contributed by atoms with E-state index in [0.29, 0.717) is 17.7 Å². The molecule has 106 valence electrons. The minimum Gasteiger partial charge on any atom is -0.380 e.